The van der Waals surface area contributed by atoms with Crippen molar-refractivity contribution in [2.45, 2.75) is 45.4 Å². The molecule has 1 aromatic carbocycles. The van der Waals surface area contributed by atoms with Gasteiger partial charge in [-0.2, -0.15) is 8.42 Å². The lowest BCUT2D eigenvalue weighted by atomic mass is 9.94. The molecule has 0 aliphatic carbocycles. The van der Waals surface area contributed by atoms with E-state index >= 15 is 0 Å². The standard InChI is InChI=1S/C12H17F2N5.C8H10FNO2S/c1-11(2,3)10-17-8(16)7(15)9(18-10)19-5-4-12(13,14)6-19;9-13(11,12)6-8-4-2-1-3-7(8)5-10/h15-16H,4-6H2,1-3H3;1-4H,5-6,10H2. The van der Waals surface area contributed by atoms with Crippen LogP contribution in [0.25, 0.3) is 0 Å². The normalized spacial score (nSPS) is 18.7. The SMILES string of the molecule is CC(C)(C)C1=NC(=N)C(=N)C(N2CCC(F)(F)C2)=N1.NCc1ccccc1CS(=O)(=O)F. The predicted molar refractivity (Wildman–Crippen MR) is 119 cm³/mol. The van der Waals surface area contributed by atoms with Crippen LogP contribution in [0.5, 0.6) is 0 Å². The number of alkyl halides is 2. The molecular formula is C20H27F3N6O2S. The number of hydrogen-bond donors (Lipinski definition) is 3. The Balaban J connectivity index is 0.000000244. The van der Waals surface area contributed by atoms with E-state index in [0.29, 0.717) is 17.0 Å². The summed E-state index contributed by atoms with van der Waals surface area (Å²) < 4.78 is 59.6. The summed E-state index contributed by atoms with van der Waals surface area (Å²) in [6.45, 7) is 5.57. The molecule has 2 aliphatic heterocycles. The van der Waals surface area contributed by atoms with Gasteiger partial charge in [0.05, 0.1) is 6.54 Å². The number of nitrogens with two attached hydrogens (primary N) is 1. The van der Waals surface area contributed by atoms with Crippen LogP contribution in [-0.2, 0) is 22.5 Å². The van der Waals surface area contributed by atoms with Crippen LogP contribution in [0.4, 0.5) is 12.7 Å². The van der Waals surface area contributed by atoms with Crippen molar-refractivity contribution in [2.75, 3.05) is 13.1 Å². The van der Waals surface area contributed by atoms with E-state index in [2.05, 4.69) is 9.98 Å². The van der Waals surface area contributed by atoms with Crippen LogP contribution in [0.15, 0.2) is 34.3 Å². The zero-order chi connectivity index (χ0) is 24.3. The maximum absolute atomic E-state index is 13.3. The molecule has 2 heterocycles. The lowest BCUT2D eigenvalue weighted by Gasteiger charge is -2.27. The predicted octanol–water partition coefficient (Wildman–Crippen LogP) is 3.13. The fourth-order valence-corrected chi connectivity index (χ4v) is 3.67. The zero-order valence-corrected chi connectivity index (χ0v) is 18.9. The van der Waals surface area contributed by atoms with Gasteiger partial charge in [0, 0.05) is 24.9 Å². The minimum Gasteiger partial charge on any atom is -0.348 e. The Hall–Kier alpha value is -2.60. The van der Waals surface area contributed by atoms with Crippen molar-refractivity contribution in [2.24, 2.45) is 21.1 Å². The summed E-state index contributed by atoms with van der Waals surface area (Å²) >= 11 is 0. The second-order valence-corrected chi connectivity index (χ2v) is 9.89. The molecule has 4 N–H and O–H groups in total. The highest BCUT2D eigenvalue weighted by Crippen LogP contribution is 2.28. The van der Waals surface area contributed by atoms with Crippen molar-refractivity contribution in [3.63, 3.8) is 0 Å². The van der Waals surface area contributed by atoms with Crippen LogP contribution >= 0.6 is 0 Å². The van der Waals surface area contributed by atoms with Crippen LogP contribution in [-0.4, -0.2) is 55.5 Å². The molecule has 0 saturated carbocycles. The molecule has 0 unspecified atom stereocenters. The Kier molecular flexibility index (Phi) is 7.61. The molecule has 1 saturated heterocycles. The van der Waals surface area contributed by atoms with Crippen LogP contribution in [0.3, 0.4) is 0 Å². The number of benzene rings is 1. The molecule has 3 rings (SSSR count). The number of nitrogens with zero attached hydrogens (tertiary/aromatic N) is 3. The second-order valence-electron chi connectivity index (χ2n) is 8.53. The first kappa shape index (κ1) is 25.7. The first-order valence-electron chi connectivity index (χ1n) is 9.80. The van der Waals surface area contributed by atoms with E-state index in [1.807, 2.05) is 20.8 Å². The minimum absolute atomic E-state index is 0.141. The van der Waals surface area contributed by atoms with Crippen molar-refractivity contribution in [1.82, 2.24) is 4.90 Å². The summed E-state index contributed by atoms with van der Waals surface area (Å²) in [6.07, 6.45) is -0.241. The Morgan fingerprint density at radius 1 is 1.16 bits per heavy atom. The summed E-state index contributed by atoms with van der Waals surface area (Å²) in [6, 6.07) is 6.62. The van der Waals surface area contributed by atoms with Gasteiger partial charge in [0.15, 0.2) is 11.7 Å². The first-order valence-corrected chi connectivity index (χ1v) is 11.4. The number of halogens is 3. The molecule has 0 radical (unpaired) electrons. The Morgan fingerprint density at radius 3 is 2.22 bits per heavy atom. The van der Waals surface area contributed by atoms with Crippen molar-refractivity contribution in [1.29, 1.82) is 10.8 Å². The topological polar surface area (TPSA) is 136 Å². The van der Waals surface area contributed by atoms with Gasteiger partial charge in [-0.15, -0.1) is 3.89 Å². The van der Waals surface area contributed by atoms with E-state index in [1.165, 1.54) is 4.90 Å². The molecule has 0 amide bonds. The Morgan fingerprint density at radius 2 is 1.75 bits per heavy atom. The van der Waals surface area contributed by atoms with Crippen molar-refractivity contribution >= 4 is 33.4 Å². The molecule has 8 nitrogen and oxygen atoms in total. The smallest absolute Gasteiger partial charge is 0.306 e. The van der Waals surface area contributed by atoms with E-state index in [4.69, 9.17) is 16.6 Å². The fraction of sp³-hybridized carbons (Fsp3) is 0.500. The highest BCUT2D eigenvalue weighted by molar-refractivity contribution is 7.85. The maximum atomic E-state index is 13.3. The van der Waals surface area contributed by atoms with Gasteiger partial charge in [0.1, 0.15) is 17.3 Å². The molecule has 0 atom stereocenters. The molecule has 1 fully saturated rings. The zero-order valence-electron chi connectivity index (χ0n) is 18.1. The quantitative estimate of drug-likeness (QED) is 0.582. The van der Waals surface area contributed by atoms with Crippen molar-refractivity contribution in [3.05, 3.63) is 35.4 Å². The highest BCUT2D eigenvalue weighted by atomic mass is 32.3. The van der Waals surface area contributed by atoms with E-state index < -0.39 is 28.4 Å². The lowest BCUT2D eigenvalue weighted by molar-refractivity contribution is 0.0177. The summed E-state index contributed by atoms with van der Waals surface area (Å²) in [7, 11) is -4.47. The largest absolute Gasteiger partial charge is 0.348 e. The summed E-state index contributed by atoms with van der Waals surface area (Å²) in [4.78, 5) is 9.56. The van der Waals surface area contributed by atoms with E-state index in [1.54, 1.807) is 24.3 Å². The van der Waals surface area contributed by atoms with Crippen LogP contribution in [0.2, 0.25) is 0 Å². The third-order valence-corrected chi connectivity index (χ3v) is 5.35. The minimum atomic E-state index is -4.47. The van der Waals surface area contributed by atoms with Crippen LogP contribution < -0.4 is 5.73 Å². The summed E-state index contributed by atoms with van der Waals surface area (Å²) in [5.41, 5.74) is 5.85. The summed E-state index contributed by atoms with van der Waals surface area (Å²) in [5.74, 6) is -3.02. The number of aliphatic imine (C=N–C) groups is 2. The first-order chi connectivity index (χ1) is 14.6. The lowest BCUT2D eigenvalue weighted by Crippen LogP contribution is -2.43. The van der Waals surface area contributed by atoms with Gasteiger partial charge < -0.3 is 10.6 Å². The van der Waals surface area contributed by atoms with Crippen LogP contribution in [0, 0.1) is 16.2 Å². The molecule has 32 heavy (non-hydrogen) atoms. The molecular weight excluding hydrogens is 445 g/mol. The van der Waals surface area contributed by atoms with Crippen molar-refractivity contribution < 1.29 is 21.1 Å². The highest BCUT2D eigenvalue weighted by Gasteiger charge is 2.42. The van der Waals surface area contributed by atoms with E-state index in [0.717, 1.165) is 0 Å². The van der Waals surface area contributed by atoms with Gasteiger partial charge in [-0.25, -0.2) is 18.8 Å². The van der Waals surface area contributed by atoms with E-state index in [9.17, 15) is 21.1 Å². The average Bonchev–Trinajstić information content (AvgIpc) is 3.02. The van der Waals surface area contributed by atoms with E-state index in [-0.39, 0.29) is 42.3 Å². The van der Waals surface area contributed by atoms with Gasteiger partial charge in [-0.05, 0) is 11.1 Å². The molecule has 0 spiro atoms. The third-order valence-electron chi connectivity index (χ3n) is 4.70. The molecule has 176 valence electrons. The van der Waals surface area contributed by atoms with Gasteiger partial charge in [-0.3, -0.25) is 10.8 Å². The molecule has 0 bridgehead atoms. The number of hydrogen-bond acceptors (Lipinski definition) is 7. The third kappa shape index (κ3) is 6.95. The fourth-order valence-electron chi connectivity index (χ4n) is 3.01. The Labute approximate surface area is 185 Å². The second kappa shape index (κ2) is 9.49. The van der Waals surface area contributed by atoms with Gasteiger partial charge >= 0.3 is 10.2 Å². The number of likely N-dealkylation sites (tertiary alicyclic amines) is 1. The number of nitrogens with one attached hydrogen (secondary N) is 2. The number of amidine groups is 3. The van der Waals surface area contributed by atoms with Gasteiger partial charge in [0.2, 0.25) is 0 Å². The maximum Gasteiger partial charge on any atom is 0.306 e. The van der Waals surface area contributed by atoms with Gasteiger partial charge in [-0.1, -0.05) is 45.0 Å². The number of rotatable bonds is 3. The molecule has 1 aromatic rings. The van der Waals surface area contributed by atoms with Crippen LogP contribution in [0.1, 0.15) is 38.3 Å². The molecule has 12 heteroatoms. The molecule has 2 aliphatic rings. The summed E-state index contributed by atoms with van der Waals surface area (Å²) in [5, 5.41) is 15.5. The monoisotopic (exact) mass is 472 g/mol. The van der Waals surface area contributed by atoms with Gasteiger partial charge in [0.25, 0.3) is 5.92 Å². The average molecular weight is 473 g/mol. The van der Waals surface area contributed by atoms with Crippen molar-refractivity contribution in [3.8, 4) is 0 Å². The Bertz CT molecular complexity index is 1060. The molecule has 0 aromatic heterocycles.